The smallest absolute Gasteiger partial charge is 0.0478 e. The molecule has 0 saturated heterocycles. The first-order valence-corrected chi connectivity index (χ1v) is 7.07. The predicted octanol–water partition coefficient (Wildman–Crippen LogP) is 4.53. The molecule has 2 unspecified atom stereocenters. The maximum Gasteiger partial charge on any atom is 0.0478 e. The lowest BCUT2D eigenvalue weighted by molar-refractivity contribution is 0.366. The van der Waals surface area contributed by atoms with Crippen LogP contribution >= 0.6 is 22.6 Å². The molecule has 0 aliphatic heterocycles. The van der Waals surface area contributed by atoms with Gasteiger partial charge in [0.05, 0.1) is 0 Å². The quantitative estimate of drug-likeness (QED) is 0.786. The minimum Gasteiger partial charge on any atom is -0.381 e. The minimum atomic E-state index is 0.497. The van der Waals surface area contributed by atoms with E-state index in [1.807, 2.05) is 0 Å². The Kier molecular flexibility index (Phi) is 3.48. The Morgan fingerprint density at radius 3 is 2.50 bits per heavy atom. The molecule has 1 saturated carbocycles. The molecule has 16 heavy (non-hydrogen) atoms. The zero-order valence-corrected chi connectivity index (χ0v) is 12.4. The molecule has 1 nitrogen and oxygen atoms in total. The Balaban J connectivity index is 2.09. The molecule has 2 atom stereocenters. The van der Waals surface area contributed by atoms with E-state index in [1.165, 1.54) is 22.1 Å². The third-order valence-corrected chi connectivity index (χ3v) is 4.49. The molecule has 0 bridgehead atoms. The number of hydrogen-bond acceptors (Lipinski definition) is 1. The van der Waals surface area contributed by atoms with Crippen LogP contribution in [0.25, 0.3) is 0 Å². The zero-order valence-electron chi connectivity index (χ0n) is 10.3. The Morgan fingerprint density at radius 1 is 1.25 bits per heavy atom. The summed E-state index contributed by atoms with van der Waals surface area (Å²) in [5, 5.41) is 3.71. The molecule has 0 amide bonds. The summed E-state index contributed by atoms with van der Waals surface area (Å²) in [4.78, 5) is 0. The molecule has 1 aliphatic rings. The molecule has 88 valence electrons. The molecule has 2 heteroatoms. The number of anilines is 1. The summed E-state index contributed by atoms with van der Waals surface area (Å²) in [6.45, 7) is 7.12. The van der Waals surface area contributed by atoms with Crippen LogP contribution in [-0.4, -0.2) is 6.04 Å². The van der Waals surface area contributed by atoms with Crippen LogP contribution in [0.5, 0.6) is 0 Å². The molecule has 1 aliphatic carbocycles. The first-order chi connectivity index (χ1) is 7.48. The van der Waals surface area contributed by atoms with Crippen LogP contribution < -0.4 is 5.32 Å². The fraction of sp³-hybridized carbons (Fsp3) is 0.571. The highest BCUT2D eigenvalue weighted by atomic mass is 127. The van der Waals surface area contributed by atoms with Gasteiger partial charge in [-0.2, -0.15) is 0 Å². The average Bonchev–Trinajstić information content (AvgIpc) is 2.44. The van der Waals surface area contributed by atoms with Gasteiger partial charge in [0.2, 0.25) is 0 Å². The van der Waals surface area contributed by atoms with Gasteiger partial charge in [-0.05, 0) is 58.9 Å². The van der Waals surface area contributed by atoms with Gasteiger partial charge in [0.1, 0.15) is 0 Å². The Morgan fingerprint density at radius 2 is 1.94 bits per heavy atom. The number of rotatable bonds is 2. The second-order valence-electron chi connectivity index (χ2n) is 5.78. The standard InChI is InChI=1S/C14H20IN/c1-10-8-14(2,3)9-13(10)16-12-7-5-4-6-11(12)15/h4-7,10,13,16H,8-9H2,1-3H3. The van der Waals surface area contributed by atoms with Gasteiger partial charge >= 0.3 is 0 Å². The first-order valence-electron chi connectivity index (χ1n) is 5.99. The fourth-order valence-corrected chi connectivity index (χ4v) is 3.41. The second kappa shape index (κ2) is 4.55. The maximum atomic E-state index is 3.71. The van der Waals surface area contributed by atoms with Gasteiger partial charge in [-0.3, -0.25) is 0 Å². The van der Waals surface area contributed by atoms with E-state index in [0.29, 0.717) is 11.5 Å². The highest BCUT2D eigenvalue weighted by molar-refractivity contribution is 14.1. The molecule has 0 heterocycles. The summed E-state index contributed by atoms with van der Waals surface area (Å²) < 4.78 is 1.32. The summed E-state index contributed by atoms with van der Waals surface area (Å²) in [5.41, 5.74) is 1.79. The third-order valence-electron chi connectivity index (χ3n) is 3.55. The van der Waals surface area contributed by atoms with E-state index in [0.717, 1.165) is 5.92 Å². The first kappa shape index (κ1) is 12.2. The number of para-hydroxylation sites is 1. The van der Waals surface area contributed by atoms with Gasteiger partial charge < -0.3 is 5.32 Å². The van der Waals surface area contributed by atoms with Crippen molar-refractivity contribution in [1.82, 2.24) is 0 Å². The average molecular weight is 329 g/mol. The lowest BCUT2D eigenvalue weighted by Gasteiger charge is -2.20. The van der Waals surface area contributed by atoms with Gasteiger partial charge in [0.25, 0.3) is 0 Å². The van der Waals surface area contributed by atoms with Gasteiger partial charge in [-0.1, -0.05) is 32.9 Å². The molecule has 1 N–H and O–H groups in total. The minimum absolute atomic E-state index is 0.497. The van der Waals surface area contributed by atoms with Gasteiger partial charge in [-0.15, -0.1) is 0 Å². The van der Waals surface area contributed by atoms with Crippen LogP contribution in [0.15, 0.2) is 24.3 Å². The highest BCUT2D eigenvalue weighted by Crippen LogP contribution is 2.42. The lowest BCUT2D eigenvalue weighted by Crippen LogP contribution is -2.22. The van der Waals surface area contributed by atoms with E-state index in [1.54, 1.807) is 0 Å². The third kappa shape index (κ3) is 2.70. The highest BCUT2D eigenvalue weighted by Gasteiger charge is 2.36. The van der Waals surface area contributed by atoms with Crippen LogP contribution in [0.2, 0.25) is 0 Å². The van der Waals surface area contributed by atoms with Crippen LogP contribution in [0.3, 0.4) is 0 Å². The van der Waals surface area contributed by atoms with Crippen LogP contribution in [0.4, 0.5) is 5.69 Å². The van der Waals surface area contributed by atoms with Crippen molar-refractivity contribution in [3.05, 3.63) is 27.8 Å². The lowest BCUT2D eigenvalue weighted by atomic mass is 9.91. The summed E-state index contributed by atoms with van der Waals surface area (Å²) in [5.74, 6) is 0.769. The van der Waals surface area contributed by atoms with Crippen molar-refractivity contribution in [3.8, 4) is 0 Å². The van der Waals surface area contributed by atoms with E-state index >= 15 is 0 Å². The molecule has 1 aromatic rings. The van der Waals surface area contributed by atoms with Gasteiger partial charge in [0.15, 0.2) is 0 Å². The SMILES string of the molecule is CC1CC(C)(C)CC1Nc1ccccc1I. The second-order valence-corrected chi connectivity index (χ2v) is 6.94. The largest absolute Gasteiger partial charge is 0.381 e. The summed E-state index contributed by atoms with van der Waals surface area (Å²) in [6, 6.07) is 9.17. The van der Waals surface area contributed by atoms with Crippen molar-refractivity contribution in [1.29, 1.82) is 0 Å². The number of halogens is 1. The van der Waals surface area contributed by atoms with Crippen molar-refractivity contribution in [3.63, 3.8) is 0 Å². The maximum absolute atomic E-state index is 3.71. The zero-order chi connectivity index (χ0) is 11.8. The van der Waals surface area contributed by atoms with Crippen molar-refractivity contribution in [2.45, 2.75) is 39.7 Å². The van der Waals surface area contributed by atoms with E-state index < -0.39 is 0 Å². The Bertz CT molecular complexity index is 373. The molecule has 2 rings (SSSR count). The summed E-state index contributed by atoms with van der Waals surface area (Å²) >= 11 is 2.40. The Labute approximate surface area is 112 Å². The number of benzene rings is 1. The van der Waals surface area contributed by atoms with E-state index in [4.69, 9.17) is 0 Å². The van der Waals surface area contributed by atoms with E-state index in [2.05, 4.69) is 72.9 Å². The van der Waals surface area contributed by atoms with Crippen molar-refractivity contribution < 1.29 is 0 Å². The van der Waals surface area contributed by atoms with E-state index in [9.17, 15) is 0 Å². The number of nitrogens with one attached hydrogen (secondary N) is 1. The molecule has 1 fully saturated rings. The Hall–Kier alpha value is -0.250. The molecule has 0 spiro atoms. The van der Waals surface area contributed by atoms with Crippen LogP contribution in [0.1, 0.15) is 33.6 Å². The normalized spacial score (nSPS) is 28.0. The molecule has 0 aromatic heterocycles. The van der Waals surface area contributed by atoms with Gasteiger partial charge in [-0.25, -0.2) is 0 Å². The van der Waals surface area contributed by atoms with Crippen molar-refractivity contribution in [2.24, 2.45) is 11.3 Å². The fourth-order valence-electron chi connectivity index (χ4n) is 2.87. The monoisotopic (exact) mass is 329 g/mol. The van der Waals surface area contributed by atoms with Crippen LogP contribution in [0, 0.1) is 14.9 Å². The van der Waals surface area contributed by atoms with E-state index in [-0.39, 0.29) is 0 Å². The molecule has 0 radical (unpaired) electrons. The predicted molar refractivity (Wildman–Crippen MR) is 78.7 cm³/mol. The van der Waals surface area contributed by atoms with Gasteiger partial charge in [0, 0.05) is 15.3 Å². The summed E-state index contributed by atoms with van der Waals surface area (Å²) in [7, 11) is 0. The van der Waals surface area contributed by atoms with Crippen LogP contribution in [-0.2, 0) is 0 Å². The molecular weight excluding hydrogens is 309 g/mol. The molecule has 1 aromatic carbocycles. The topological polar surface area (TPSA) is 12.0 Å². The summed E-state index contributed by atoms with van der Waals surface area (Å²) in [6.07, 6.45) is 2.60. The van der Waals surface area contributed by atoms with Crippen molar-refractivity contribution in [2.75, 3.05) is 5.32 Å². The molecular formula is C14H20IN. The number of hydrogen-bond donors (Lipinski definition) is 1. The van der Waals surface area contributed by atoms with Crippen molar-refractivity contribution >= 4 is 28.3 Å².